The maximum Gasteiger partial charge on any atom is 0.248 e. The molecule has 0 aliphatic rings. The Morgan fingerprint density at radius 2 is 1.77 bits per heavy atom. The summed E-state index contributed by atoms with van der Waals surface area (Å²) in [7, 11) is 0. The first-order valence-electron chi connectivity index (χ1n) is 7.99. The van der Waals surface area contributed by atoms with Crippen LogP contribution in [0.3, 0.4) is 0 Å². The molecule has 5 nitrogen and oxygen atoms in total. The lowest BCUT2D eigenvalue weighted by Gasteiger charge is -2.07. The normalized spacial score (nSPS) is 10.7. The van der Waals surface area contributed by atoms with Crippen molar-refractivity contribution in [2.45, 2.75) is 6.92 Å². The number of rotatable bonds is 5. The molecule has 2 aromatic carbocycles. The van der Waals surface area contributed by atoms with Crippen LogP contribution >= 0.6 is 11.6 Å². The molecule has 0 saturated heterocycles. The smallest absolute Gasteiger partial charge is 0.248 e. The highest BCUT2D eigenvalue weighted by atomic mass is 35.5. The van der Waals surface area contributed by atoms with E-state index in [2.05, 4.69) is 20.6 Å². The minimum Gasteiger partial charge on any atom is -0.340 e. The molecule has 1 aromatic heterocycles. The summed E-state index contributed by atoms with van der Waals surface area (Å²) in [4.78, 5) is 20.3. The molecule has 6 heteroatoms. The van der Waals surface area contributed by atoms with E-state index in [0.29, 0.717) is 10.7 Å². The van der Waals surface area contributed by atoms with E-state index in [9.17, 15) is 4.79 Å². The molecule has 3 aromatic rings. The van der Waals surface area contributed by atoms with E-state index in [0.717, 1.165) is 22.8 Å². The Morgan fingerprint density at radius 1 is 1.04 bits per heavy atom. The summed E-state index contributed by atoms with van der Waals surface area (Å²) in [5.74, 6) is 0.494. The summed E-state index contributed by atoms with van der Waals surface area (Å²) in [5, 5.41) is 6.60. The molecular formula is C20H17ClN4O. The number of amides is 1. The molecule has 0 bridgehead atoms. The number of benzene rings is 2. The van der Waals surface area contributed by atoms with E-state index in [1.807, 2.05) is 55.5 Å². The molecule has 0 spiro atoms. The Morgan fingerprint density at radius 3 is 2.50 bits per heavy atom. The van der Waals surface area contributed by atoms with Crippen LogP contribution in [0.15, 0.2) is 67.0 Å². The predicted octanol–water partition coefficient (Wildman–Crippen LogP) is 4.83. The van der Waals surface area contributed by atoms with Gasteiger partial charge in [0, 0.05) is 34.2 Å². The Kier molecular flexibility index (Phi) is 5.61. The van der Waals surface area contributed by atoms with Gasteiger partial charge in [-0.15, -0.1) is 0 Å². The topological polar surface area (TPSA) is 66.9 Å². The van der Waals surface area contributed by atoms with Gasteiger partial charge in [-0.3, -0.25) is 4.79 Å². The van der Waals surface area contributed by atoms with Gasteiger partial charge in [0.25, 0.3) is 0 Å². The van der Waals surface area contributed by atoms with Crippen molar-refractivity contribution in [3.05, 3.63) is 83.3 Å². The molecule has 1 heterocycles. The molecule has 1 amide bonds. The number of anilines is 3. The standard InChI is InChI=1S/C20H17ClN4O/c1-14-12-19(23-13-22-14)24-16-7-9-17(10-8-16)25-20(26)11-6-15-4-2-3-5-18(15)21/h2-13H,1H3,(H,25,26)(H,22,23,24)/b11-6+. The van der Waals surface area contributed by atoms with E-state index in [4.69, 9.17) is 11.6 Å². The summed E-state index contributed by atoms with van der Waals surface area (Å²) in [6.45, 7) is 1.90. The van der Waals surface area contributed by atoms with E-state index in [1.54, 1.807) is 12.1 Å². The molecule has 130 valence electrons. The fraction of sp³-hybridized carbons (Fsp3) is 0.0500. The van der Waals surface area contributed by atoms with Gasteiger partial charge in [-0.2, -0.15) is 0 Å². The van der Waals surface area contributed by atoms with Gasteiger partial charge in [0.05, 0.1) is 0 Å². The number of hydrogen-bond donors (Lipinski definition) is 2. The van der Waals surface area contributed by atoms with Crippen molar-refractivity contribution in [2.75, 3.05) is 10.6 Å². The zero-order valence-electron chi connectivity index (χ0n) is 14.1. The van der Waals surface area contributed by atoms with Gasteiger partial charge in [0.2, 0.25) is 5.91 Å². The quantitative estimate of drug-likeness (QED) is 0.636. The van der Waals surface area contributed by atoms with Gasteiger partial charge in [-0.1, -0.05) is 29.8 Å². The Hall–Kier alpha value is -3.18. The minimum atomic E-state index is -0.225. The molecule has 0 unspecified atom stereocenters. The molecule has 0 atom stereocenters. The van der Waals surface area contributed by atoms with Gasteiger partial charge >= 0.3 is 0 Å². The largest absolute Gasteiger partial charge is 0.340 e. The molecule has 3 rings (SSSR count). The number of carbonyl (C=O) groups excluding carboxylic acids is 1. The highest BCUT2D eigenvalue weighted by Gasteiger charge is 2.01. The fourth-order valence-corrected chi connectivity index (χ4v) is 2.47. The van der Waals surface area contributed by atoms with E-state index < -0.39 is 0 Å². The summed E-state index contributed by atoms with van der Waals surface area (Å²) in [6.07, 6.45) is 4.65. The van der Waals surface area contributed by atoms with Gasteiger partial charge < -0.3 is 10.6 Å². The van der Waals surface area contributed by atoms with Crippen LogP contribution in [0, 0.1) is 6.92 Å². The molecular weight excluding hydrogens is 348 g/mol. The van der Waals surface area contributed by atoms with Crippen LogP contribution in [-0.4, -0.2) is 15.9 Å². The van der Waals surface area contributed by atoms with Crippen molar-refractivity contribution in [1.82, 2.24) is 9.97 Å². The summed E-state index contributed by atoms with van der Waals surface area (Å²) in [6, 6.07) is 16.6. The van der Waals surface area contributed by atoms with Crippen molar-refractivity contribution in [1.29, 1.82) is 0 Å². The summed E-state index contributed by atoms with van der Waals surface area (Å²) in [5.41, 5.74) is 3.25. The molecule has 26 heavy (non-hydrogen) atoms. The average molecular weight is 365 g/mol. The van der Waals surface area contributed by atoms with Gasteiger partial charge in [0.15, 0.2) is 0 Å². The highest BCUT2D eigenvalue weighted by Crippen LogP contribution is 2.18. The molecule has 0 aliphatic heterocycles. The first-order valence-corrected chi connectivity index (χ1v) is 8.37. The number of aryl methyl sites for hydroxylation is 1. The Balaban J connectivity index is 1.60. The maximum atomic E-state index is 12.0. The third kappa shape index (κ3) is 4.91. The first kappa shape index (κ1) is 17.6. The molecule has 0 aliphatic carbocycles. The lowest BCUT2D eigenvalue weighted by atomic mass is 10.2. The van der Waals surface area contributed by atoms with Crippen LogP contribution in [-0.2, 0) is 4.79 Å². The molecule has 0 saturated carbocycles. The minimum absolute atomic E-state index is 0.225. The Labute approximate surface area is 156 Å². The number of hydrogen-bond acceptors (Lipinski definition) is 4. The lowest BCUT2D eigenvalue weighted by Crippen LogP contribution is -2.07. The van der Waals surface area contributed by atoms with Gasteiger partial charge in [0.1, 0.15) is 12.1 Å². The van der Waals surface area contributed by atoms with Crippen molar-refractivity contribution < 1.29 is 4.79 Å². The van der Waals surface area contributed by atoms with E-state index >= 15 is 0 Å². The monoisotopic (exact) mass is 364 g/mol. The predicted molar refractivity (Wildman–Crippen MR) is 106 cm³/mol. The second-order valence-corrected chi connectivity index (χ2v) is 6.00. The molecule has 2 N–H and O–H groups in total. The summed E-state index contributed by atoms with van der Waals surface area (Å²) >= 11 is 6.06. The second-order valence-electron chi connectivity index (χ2n) is 5.59. The van der Waals surface area contributed by atoms with E-state index in [1.165, 1.54) is 12.4 Å². The van der Waals surface area contributed by atoms with Crippen LogP contribution < -0.4 is 10.6 Å². The van der Waals surface area contributed by atoms with Crippen LogP contribution in [0.4, 0.5) is 17.2 Å². The zero-order valence-corrected chi connectivity index (χ0v) is 14.9. The van der Waals surface area contributed by atoms with Crippen LogP contribution in [0.5, 0.6) is 0 Å². The van der Waals surface area contributed by atoms with Crippen LogP contribution in [0.2, 0.25) is 5.02 Å². The van der Waals surface area contributed by atoms with Crippen LogP contribution in [0.25, 0.3) is 6.08 Å². The third-order valence-electron chi connectivity index (χ3n) is 3.55. The fourth-order valence-electron chi connectivity index (χ4n) is 2.27. The lowest BCUT2D eigenvalue weighted by molar-refractivity contribution is -0.111. The number of aromatic nitrogens is 2. The highest BCUT2D eigenvalue weighted by molar-refractivity contribution is 6.32. The third-order valence-corrected chi connectivity index (χ3v) is 3.89. The maximum absolute atomic E-state index is 12.0. The number of carbonyl (C=O) groups is 1. The molecule has 0 radical (unpaired) electrons. The van der Waals surface area contributed by atoms with Crippen molar-refractivity contribution in [2.24, 2.45) is 0 Å². The van der Waals surface area contributed by atoms with Gasteiger partial charge in [-0.05, 0) is 48.9 Å². The number of nitrogens with zero attached hydrogens (tertiary/aromatic N) is 2. The first-order chi connectivity index (χ1) is 12.6. The van der Waals surface area contributed by atoms with E-state index in [-0.39, 0.29) is 5.91 Å². The molecule has 0 fully saturated rings. The zero-order chi connectivity index (χ0) is 18.4. The van der Waals surface area contributed by atoms with Gasteiger partial charge in [-0.25, -0.2) is 9.97 Å². The van der Waals surface area contributed by atoms with Crippen LogP contribution in [0.1, 0.15) is 11.3 Å². The van der Waals surface area contributed by atoms with Crippen molar-refractivity contribution >= 4 is 40.8 Å². The number of nitrogens with one attached hydrogen (secondary N) is 2. The van der Waals surface area contributed by atoms with Crippen molar-refractivity contribution in [3.8, 4) is 0 Å². The summed E-state index contributed by atoms with van der Waals surface area (Å²) < 4.78 is 0. The Bertz CT molecular complexity index is 939. The number of halogens is 1. The average Bonchev–Trinajstić information content (AvgIpc) is 2.63. The SMILES string of the molecule is Cc1cc(Nc2ccc(NC(=O)/C=C/c3ccccc3Cl)cc2)ncn1. The van der Waals surface area contributed by atoms with Crippen molar-refractivity contribution in [3.63, 3.8) is 0 Å². The second kappa shape index (κ2) is 8.27.